The van der Waals surface area contributed by atoms with Crippen molar-refractivity contribution in [3.63, 3.8) is 0 Å². The van der Waals surface area contributed by atoms with Crippen LogP contribution in [0.1, 0.15) is 0 Å². The number of fused-ring (bicyclic) bond motifs is 1. The standard InChI is InChI=1S/C20H20N2O7/c23-9-15(18(26)19(27)16(25)10-24)22-13-2-1-12-7-14(11-3-5-21-6-4-11)20(28)29-17(12)8-13/h1-9,15-16,18-19,22,24-27H,10H2/t15-,16+,18+,19+/m1/s1. The fraction of sp³-hybridized carbons (Fsp3) is 0.250. The predicted molar refractivity (Wildman–Crippen MR) is 104 cm³/mol. The molecule has 0 amide bonds. The van der Waals surface area contributed by atoms with Crippen molar-refractivity contribution in [1.29, 1.82) is 0 Å². The summed E-state index contributed by atoms with van der Waals surface area (Å²) in [6.45, 7) is -0.773. The van der Waals surface area contributed by atoms with Gasteiger partial charge < -0.3 is 35.0 Å². The fourth-order valence-electron chi connectivity index (χ4n) is 2.87. The van der Waals surface area contributed by atoms with Crippen molar-refractivity contribution < 1.29 is 29.6 Å². The van der Waals surface area contributed by atoms with Crippen LogP contribution in [0.25, 0.3) is 22.1 Å². The second-order valence-corrected chi connectivity index (χ2v) is 6.47. The molecule has 4 atom stereocenters. The molecule has 0 aliphatic heterocycles. The largest absolute Gasteiger partial charge is 0.422 e. The van der Waals surface area contributed by atoms with Gasteiger partial charge in [0, 0.05) is 29.5 Å². The topological polar surface area (TPSA) is 153 Å². The molecule has 0 radical (unpaired) electrons. The van der Waals surface area contributed by atoms with Gasteiger partial charge >= 0.3 is 5.63 Å². The zero-order chi connectivity index (χ0) is 21.0. The Kier molecular flexibility index (Phi) is 6.35. The number of rotatable bonds is 8. The summed E-state index contributed by atoms with van der Waals surface area (Å²) in [6, 6.07) is 8.53. The van der Waals surface area contributed by atoms with Crippen LogP contribution in [0.5, 0.6) is 0 Å². The molecule has 0 unspecified atom stereocenters. The number of hydrogen-bond acceptors (Lipinski definition) is 9. The Morgan fingerprint density at radius 2 is 1.79 bits per heavy atom. The predicted octanol–water partition coefficient (Wildman–Crippen LogP) is -0.0906. The number of aliphatic hydroxyl groups excluding tert-OH is 4. The summed E-state index contributed by atoms with van der Waals surface area (Å²) in [5.41, 5.74) is 1.10. The van der Waals surface area contributed by atoms with Gasteiger partial charge in [-0.05, 0) is 35.9 Å². The molecule has 0 saturated heterocycles. The van der Waals surface area contributed by atoms with Crippen LogP contribution in [0.4, 0.5) is 5.69 Å². The van der Waals surface area contributed by atoms with E-state index in [0.717, 1.165) is 0 Å². The number of aromatic nitrogens is 1. The summed E-state index contributed by atoms with van der Waals surface area (Å²) >= 11 is 0. The van der Waals surface area contributed by atoms with Gasteiger partial charge in [-0.15, -0.1) is 0 Å². The number of anilines is 1. The quantitative estimate of drug-likeness (QED) is 0.258. The van der Waals surface area contributed by atoms with E-state index < -0.39 is 36.6 Å². The van der Waals surface area contributed by atoms with E-state index in [9.17, 15) is 24.9 Å². The summed E-state index contributed by atoms with van der Waals surface area (Å²) < 4.78 is 5.38. The molecule has 0 fully saturated rings. The van der Waals surface area contributed by atoms with Crippen molar-refractivity contribution in [1.82, 2.24) is 4.98 Å². The van der Waals surface area contributed by atoms with Gasteiger partial charge in [-0.25, -0.2) is 4.79 Å². The van der Waals surface area contributed by atoms with Crippen molar-refractivity contribution in [3.8, 4) is 11.1 Å². The molecule has 0 aliphatic rings. The number of pyridine rings is 1. The van der Waals surface area contributed by atoms with Crippen LogP contribution in [0.2, 0.25) is 0 Å². The van der Waals surface area contributed by atoms with Gasteiger partial charge in [0.1, 0.15) is 36.2 Å². The van der Waals surface area contributed by atoms with Gasteiger partial charge in [0.05, 0.1) is 12.2 Å². The summed E-state index contributed by atoms with van der Waals surface area (Å²) in [6.07, 6.45) is -1.51. The molecule has 0 spiro atoms. The van der Waals surface area contributed by atoms with Gasteiger partial charge in [-0.2, -0.15) is 0 Å². The van der Waals surface area contributed by atoms with E-state index in [1.54, 1.807) is 42.7 Å². The molecular formula is C20H20N2O7. The van der Waals surface area contributed by atoms with E-state index in [1.165, 1.54) is 6.07 Å². The number of nitrogens with one attached hydrogen (secondary N) is 1. The van der Waals surface area contributed by atoms with Crippen LogP contribution in [-0.2, 0) is 4.79 Å². The van der Waals surface area contributed by atoms with Gasteiger partial charge in [0.25, 0.3) is 0 Å². The summed E-state index contributed by atoms with van der Waals surface area (Å²) in [7, 11) is 0. The highest BCUT2D eigenvalue weighted by Crippen LogP contribution is 2.24. The molecule has 1 aromatic carbocycles. The molecule has 2 aromatic heterocycles. The molecule has 3 aromatic rings. The van der Waals surface area contributed by atoms with Crippen LogP contribution < -0.4 is 10.9 Å². The van der Waals surface area contributed by atoms with Crippen molar-refractivity contribution in [2.75, 3.05) is 11.9 Å². The summed E-state index contributed by atoms with van der Waals surface area (Å²) in [4.78, 5) is 27.6. The first kappa shape index (κ1) is 20.6. The highest BCUT2D eigenvalue weighted by Gasteiger charge is 2.31. The zero-order valence-electron chi connectivity index (χ0n) is 15.2. The molecular weight excluding hydrogens is 380 g/mol. The number of hydrogen-bond donors (Lipinski definition) is 5. The zero-order valence-corrected chi connectivity index (χ0v) is 15.2. The second-order valence-electron chi connectivity index (χ2n) is 6.47. The first-order valence-corrected chi connectivity index (χ1v) is 8.79. The molecule has 2 heterocycles. The van der Waals surface area contributed by atoms with E-state index in [4.69, 9.17) is 9.52 Å². The van der Waals surface area contributed by atoms with Crippen LogP contribution in [0.15, 0.2) is 58.0 Å². The Morgan fingerprint density at radius 3 is 2.45 bits per heavy atom. The lowest BCUT2D eigenvalue weighted by Crippen LogP contribution is -2.49. The average Bonchev–Trinajstić information content (AvgIpc) is 2.75. The number of aliphatic hydroxyl groups is 4. The third kappa shape index (κ3) is 4.49. The van der Waals surface area contributed by atoms with E-state index in [2.05, 4.69) is 10.3 Å². The number of aldehydes is 1. The third-order valence-corrected chi connectivity index (χ3v) is 4.51. The third-order valence-electron chi connectivity index (χ3n) is 4.51. The molecule has 9 nitrogen and oxygen atoms in total. The molecule has 152 valence electrons. The Hall–Kier alpha value is -3.11. The Morgan fingerprint density at radius 1 is 1.07 bits per heavy atom. The van der Waals surface area contributed by atoms with Crippen LogP contribution in [0, 0.1) is 0 Å². The normalized spacial score (nSPS) is 15.4. The Balaban J connectivity index is 1.88. The minimum Gasteiger partial charge on any atom is -0.422 e. The first-order chi connectivity index (χ1) is 13.9. The number of benzene rings is 1. The maximum Gasteiger partial charge on any atom is 0.344 e. The van der Waals surface area contributed by atoms with E-state index in [0.29, 0.717) is 28.5 Å². The fourth-order valence-corrected chi connectivity index (χ4v) is 2.87. The average molecular weight is 400 g/mol. The molecule has 0 aliphatic carbocycles. The van der Waals surface area contributed by atoms with Crippen molar-refractivity contribution >= 4 is 22.9 Å². The number of carbonyl (C=O) groups excluding carboxylic acids is 1. The van der Waals surface area contributed by atoms with Crippen molar-refractivity contribution in [2.45, 2.75) is 24.4 Å². The minimum absolute atomic E-state index is 0.257. The highest BCUT2D eigenvalue weighted by molar-refractivity contribution is 5.84. The van der Waals surface area contributed by atoms with Gasteiger partial charge in [0.2, 0.25) is 0 Å². The highest BCUT2D eigenvalue weighted by atomic mass is 16.4. The molecule has 0 saturated carbocycles. The van der Waals surface area contributed by atoms with Gasteiger partial charge in [-0.3, -0.25) is 4.98 Å². The molecule has 9 heteroatoms. The number of nitrogens with zero attached hydrogens (tertiary/aromatic N) is 1. The maximum atomic E-state index is 12.3. The van der Waals surface area contributed by atoms with Crippen LogP contribution >= 0.6 is 0 Å². The number of carbonyl (C=O) groups is 1. The first-order valence-electron chi connectivity index (χ1n) is 8.79. The lowest BCUT2D eigenvalue weighted by molar-refractivity contribution is -0.117. The van der Waals surface area contributed by atoms with Crippen LogP contribution in [0.3, 0.4) is 0 Å². The SMILES string of the molecule is O=C[C@@H](Nc1ccc2cc(-c3ccncc3)c(=O)oc2c1)[C@H](O)[C@@H](O)[C@@H](O)CO. The summed E-state index contributed by atoms with van der Waals surface area (Å²) in [5, 5.41) is 41.5. The van der Waals surface area contributed by atoms with E-state index in [-0.39, 0.29) is 5.58 Å². The van der Waals surface area contributed by atoms with Gasteiger partial charge in [0.15, 0.2) is 0 Å². The second kappa shape index (κ2) is 8.93. The van der Waals surface area contributed by atoms with Crippen molar-refractivity contribution in [2.24, 2.45) is 0 Å². The monoisotopic (exact) mass is 400 g/mol. The lowest BCUT2D eigenvalue weighted by Gasteiger charge is -2.26. The Bertz CT molecular complexity index is 1040. The maximum absolute atomic E-state index is 12.3. The minimum atomic E-state index is -1.73. The smallest absolute Gasteiger partial charge is 0.344 e. The Labute approximate surface area is 164 Å². The van der Waals surface area contributed by atoms with Gasteiger partial charge in [-0.1, -0.05) is 0 Å². The van der Waals surface area contributed by atoms with Crippen LogP contribution in [-0.4, -0.2) is 62.7 Å². The lowest BCUT2D eigenvalue weighted by atomic mass is 10.0. The molecule has 0 bridgehead atoms. The van der Waals surface area contributed by atoms with E-state index >= 15 is 0 Å². The summed E-state index contributed by atoms with van der Waals surface area (Å²) in [5.74, 6) is 0. The molecule has 29 heavy (non-hydrogen) atoms. The van der Waals surface area contributed by atoms with Crippen molar-refractivity contribution in [3.05, 3.63) is 59.2 Å². The molecule has 3 rings (SSSR count). The molecule has 5 N–H and O–H groups in total. The van der Waals surface area contributed by atoms with E-state index in [1.807, 2.05) is 0 Å².